The zero-order chi connectivity index (χ0) is 18.8. The van der Waals surface area contributed by atoms with E-state index < -0.39 is 0 Å². The van der Waals surface area contributed by atoms with Crippen LogP contribution in [0.25, 0.3) is 10.9 Å². The van der Waals surface area contributed by atoms with Gasteiger partial charge >= 0.3 is 0 Å². The number of nitrogens with zero attached hydrogens (tertiary/aromatic N) is 2. The van der Waals surface area contributed by atoms with E-state index in [4.69, 9.17) is 27.9 Å². The molecule has 0 unspecified atom stereocenters. The first-order valence-corrected chi connectivity index (χ1v) is 10.2. The maximum atomic E-state index is 6.29. The van der Waals surface area contributed by atoms with Crippen LogP contribution in [-0.4, -0.2) is 22.6 Å². The van der Waals surface area contributed by atoms with Gasteiger partial charge in [-0.15, -0.1) is 12.4 Å². The van der Waals surface area contributed by atoms with E-state index in [9.17, 15) is 0 Å². The molecule has 1 aromatic heterocycles. The lowest BCUT2D eigenvalue weighted by molar-refractivity contribution is 0.218. The van der Waals surface area contributed by atoms with Crippen molar-refractivity contribution in [3.8, 4) is 5.75 Å². The summed E-state index contributed by atoms with van der Waals surface area (Å²) in [5.41, 5.74) is 3.80. The van der Waals surface area contributed by atoms with E-state index in [1.54, 1.807) is 12.1 Å². The number of para-hydroxylation sites is 1. The van der Waals surface area contributed by atoms with Crippen molar-refractivity contribution in [2.24, 2.45) is 7.05 Å². The van der Waals surface area contributed by atoms with Gasteiger partial charge in [0.15, 0.2) is 0 Å². The van der Waals surface area contributed by atoms with Crippen LogP contribution in [0.2, 0.25) is 10.0 Å². The van der Waals surface area contributed by atoms with Gasteiger partial charge in [0.1, 0.15) is 12.4 Å². The number of rotatable bonds is 5. The Morgan fingerprint density at radius 1 is 1.00 bits per heavy atom. The molecule has 0 amide bonds. The van der Waals surface area contributed by atoms with Crippen LogP contribution in [0.5, 0.6) is 5.75 Å². The zero-order valence-electron chi connectivity index (χ0n) is 16.0. The molecule has 0 aliphatic carbocycles. The van der Waals surface area contributed by atoms with E-state index in [0.29, 0.717) is 22.4 Å². The van der Waals surface area contributed by atoms with Crippen molar-refractivity contribution in [2.75, 3.05) is 13.1 Å². The number of likely N-dealkylation sites (tertiary alicyclic amines) is 1. The van der Waals surface area contributed by atoms with Crippen LogP contribution in [0, 0.1) is 0 Å². The highest BCUT2D eigenvalue weighted by molar-refractivity contribution is 6.35. The topological polar surface area (TPSA) is 17.4 Å². The van der Waals surface area contributed by atoms with Crippen LogP contribution in [0.3, 0.4) is 0 Å². The summed E-state index contributed by atoms with van der Waals surface area (Å²) in [6, 6.07) is 13.9. The Balaban J connectivity index is 0.00000225. The van der Waals surface area contributed by atoms with Crippen molar-refractivity contribution < 1.29 is 4.74 Å². The molecule has 0 spiro atoms. The fourth-order valence-corrected chi connectivity index (χ4v) is 4.43. The molecule has 4 rings (SSSR count). The van der Waals surface area contributed by atoms with Crippen LogP contribution in [0.4, 0.5) is 0 Å². The second-order valence-electron chi connectivity index (χ2n) is 7.20. The fourth-order valence-electron chi connectivity index (χ4n) is 3.96. The maximum absolute atomic E-state index is 6.29. The third-order valence-electron chi connectivity index (χ3n) is 5.43. The first-order valence-electron chi connectivity index (χ1n) is 9.49. The Labute approximate surface area is 182 Å². The van der Waals surface area contributed by atoms with Crippen LogP contribution in [0.1, 0.15) is 30.5 Å². The summed E-state index contributed by atoms with van der Waals surface area (Å²) < 4.78 is 8.34. The quantitative estimate of drug-likeness (QED) is 0.453. The van der Waals surface area contributed by atoms with Gasteiger partial charge in [-0.25, -0.2) is 0 Å². The smallest absolute Gasteiger partial charge is 0.138 e. The Morgan fingerprint density at radius 2 is 1.75 bits per heavy atom. The van der Waals surface area contributed by atoms with Crippen molar-refractivity contribution in [3.63, 3.8) is 0 Å². The van der Waals surface area contributed by atoms with E-state index in [1.807, 2.05) is 6.07 Å². The molecule has 1 aliphatic rings. The van der Waals surface area contributed by atoms with Crippen molar-refractivity contribution in [2.45, 2.75) is 32.4 Å². The number of piperidine rings is 1. The largest absolute Gasteiger partial charge is 0.486 e. The van der Waals surface area contributed by atoms with Crippen molar-refractivity contribution >= 4 is 46.5 Å². The van der Waals surface area contributed by atoms with Crippen molar-refractivity contribution in [3.05, 3.63) is 63.8 Å². The van der Waals surface area contributed by atoms with Gasteiger partial charge in [-0.1, -0.05) is 47.8 Å². The minimum absolute atomic E-state index is 0. The lowest BCUT2D eigenvalue weighted by atomic mass is 10.1. The summed E-state index contributed by atoms with van der Waals surface area (Å²) in [7, 11) is 2.12. The van der Waals surface area contributed by atoms with E-state index in [-0.39, 0.29) is 12.4 Å². The third-order valence-corrected chi connectivity index (χ3v) is 5.96. The summed E-state index contributed by atoms with van der Waals surface area (Å²) in [6.07, 6.45) is 3.92. The molecule has 2 heterocycles. The van der Waals surface area contributed by atoms with E-state index >= 15 is 0 Å². The van der Waals surface area contributed by atoms with Gasteiger partial charge in [0, 0.05) is 29.5 Å². The number of hydrogen-bond acceptors (Lipinski definition) is 2. The monoisotopic (exact) mass is 438 g/mol. The van der Waals surface area contributed by atoms with Gasteiger partial charge in [-0.05, 0) is 55.8 Å². The van der Waals surface area contributed by atoms with Gasteiger partial charge in [0.25, 0.3) is 0 Å². The van der Waals surface area contributed by atoms with Crippen LogP contribution < -0.4 is 4.74 Å². The molecule has 0 atom stereocenters. The highest BCUT2D eigenvalue weighted by Crippen LogP contribution is 2.31. The fraction of sp³-hybridized carbons (Fsp3) is 0.364. The predicted molar refractivity (Wildman–Crippen MR) is 120 cm³/mol. The van der Waals surface area contributed by atoms with Gasteiger partial charge in [0.05, 0.1) is 10.7 Å². The zero-order valence-corrected chi connectivity index (χ0v) is 18.3. The Morgan fingerprint density at radius 3 is 2.50 bits per heavy atom. The second-order valence-corrected chi connectivity index (χ2v) is 8.05. The number of ether oxygens (including phenoxy) is 1. The van der Waals surface area contributed by atoms with E-state index in [1.165, 1.54) is 54.5 Å². The number of benzene rings is 2. The molecular formula is C22H25Cl3N2O. The van der Waals surface area contributed by atoms with Gasteiger partial charge in [-0.3, -0.25) is 4.90 Å². The number of hydrogen-bond donors (Lipinski definition) is 0. The molecule has 1 saturated heterocycles. The van der Waals surface area contributed by atoms with E-state index in [0.717, 1.165) is 6.54 Å². The molecule has 3 nitrogen and oxygen atoms in total. The summed E-state index contributed by atoms with van der Waals surface area (Å²) >= 11 is 12.3. The predicted octanol–water partition coefficient (Wildman–Crippen LogP) is 6.47. The molecule has 0 radical (unpaired) electrons. The highest BCUT2D eigenvalue weighted by atomic mass is 35.5. The van der Waals surface area contributed by atoms with Gasteiger partial charge in [0.2, 0.25) is 0 Å². The number of halogens is 3. The normalized spacial score (nSPS) is 14.8. The molecular weight excluding hydrogens is 415 g/mol. The minimum atomic E-state index is 0. The summed E-state index contributed by atoms with van der Waals surface area (Å²) in [5.74, 6) is 0.662. The van der Waals surface area contributed by atoms with Crippen LogP contribution >= 0.6 is 35.6 Å². The summed E-state index contributed by atoms with van der Waals surface area (Å²) in [4.78, 5) is 2.56. The first kappa shape index (κ1) is 21.3. The standard InChI is InChI=1S/C22H24Cl2N2O.ClH/c1-25-20-8-4-3-7-17(20)18(14-26-11-5-2-6-12-26)21(25)15-27-22-10-9-16(23)13-19(22)24;/h3-4,7-10,13H,2,5-6,11-12,14-15H2,1H3;1H. The summed E-state index contributed by atoms with van der Waals surface area (Å²) in [5, 5.41) is 2.47. The molecule has 2 aromatic carbocycles. The lowest BCUT2D eigenvalue weighted by Gasteiger charge is -2.26. The molecule has 3 aromatic rings. The molecule has 0 saturated carbocycles. The van der Waals surface area contributed by atoms with Crippen LogP contribution in [-0.2, 0) is 20.2 Å². The number of aromatic nitrogens is 1. The Hall–Kier alpha value is -1.39. The molecule has 0 bridgehead atoms. The van der Waals surface area contributed by atoms with Crippen molar-refractivity contribution in [1.82, 2.24) is 9.47 Å². The lowest BCUT2D eigenvalue weighted by Crippen LogP contribution is -2.29. The Bertz CT molecular complexity index is 948. The maximum Gasteiger partial charge on any atom is 0.138 e. The first-order chi connectivity index (χ1) is 13.1. The van der Waals surface area contributed by atoms with Gasteiger partial charge in [-0.2, -0.15) is 0 Å². The number of aryl methyl sites for hydroxylation is 1. The molecule has 1 fully saturated rings. The molecule has 28 heavy (non-hydrogen) atoms. The Kier molecular flexibility index (Phi) is 7.16. The van der Waals surface area contributed by atoms with E-state index in [2.05, 4.69) is 40.8 Å². The number of fused-ring (bicyclic) bond motifs is 1. The SMILES string of the molecule is Cl.Cn1c(COc2ccc(Cl)cc2Cl)c(CN2CCCCC2)c2ccccc21. The molecule has 0 N–H and O–H groups in total. The molecule has 6 heteroatoms. The third kappa shape index (κ3) is 4.44. The highest BCUT2D eigenvalue weighted by Gasteiger charge is 2.19. The molecule has 150 valence electrons. The van der Waals surface area contributed by atoms with Crippen LogP contribution in [0.15, 0.2) is 42.5 Å². The average molecular weight is 440 g/mol. The second kappa shape index (κ2) is 9.41. The van der Waals surface area contributed by atoms with Gasteiger partial charge < -0.3 is 9.30 Å². The average Bonchev–Trinajstić information content (AvgIpc) is 2.94. The molecule has 1 aliphatic heterocycles. The van der Waals surface area contributed by atoms with Crippen molar-refractivity contribution in [1.29, 1.82) is 0 Å². The summed E-state index contributed by atoms with van der Waals surface area (Å²) in [6.45, 7) is 3.79. The minimum Gasteiger partial charge on any atom is -0.486 e.